The topological polar surface area (TPSA) is 86.5 Å². The number of benzene rings is 1. The summed E-state index contributed by atoms with van der Waals surface area (Å²) in [5.74, 6) is 1.77. The van der Waals surface area contributed by atoms with E-state index in [1.807, 2.05) is 6.07 Å². The van der Waals surface area contributed by atoms with E-state index >= 15 is 0 Å². The summed E-state index contributed by atoms with van der Waals surface area (Å²) in [7, 11) is 3.14. The molecule has 0 fully saturated rings. The second kappa shape index (κ2) is 9.31. The number of nitrogens with one attached hydrogen (secondary N) is 1. The van der Waals surface area contributed by atoms with Crippen LogP contribution in [0.5, 0.6) is 11.5 Å². The maximum atomic E-state index is 11.9. The van der Waals surface area contributed by atoms with Crippen molar-refractivity contribution < 1.29 is 18.7 Å². The van der Waals surface area contributed by atoms with Gasteiger partial charge in [0, 0.05) is 11.6 Å². The fourth-order valence-corrected chi connectivity index (χ4v) is 2.82. The van der Waals surface area contributed by atoms with Gasteiger partial charge in [0.1, 0.15) is 0 Å². The van der Waals surface area contributed by atoms with Gasteiger partial charge in [-0.25, -0.2) is 0 Å². The molecular weight excluding hydrogens is 342 g/mol. The molecule has 0 unspecified atom stereocenters. The number of carbonyl (C=O) groups is 1. The van der Waals surface area contributed by atoms with Gasteiger partial charge in [-0.05, 0) is 31.0 Å². The SMILES string of the molecule is CCC(CC)NC(=O)CSc1nnc(-c2ccc(OC)c(OC)c2)o1. The molecule has 0 aliphatic rings. The molecule has 8 heteroatoms. The van der Waals surface area contributed by atoms with Crippen LogP contribution in [0.4, 0.5) is 0 Å². The molecule has 0 saturated carbocycles. The van der Waals surface area contributed by atoms with Crippen LogP contribution in [0.1, 0.15) is 26.7 Å². The van der Waals surface area contributed by atoms with Crippen molar-refractivity contribution in [2.45, 2.75) is 38.0 Å². The number of amides is 1. The normalized spacial score (nSPS) is 10.8. The molecule has 1 aromatic carbocycles. The third-order valence-electron chi connectivity index (χ3n) is 3.71. The summed E-state index contributed by atoms with van der Waals surface area (Å²) in [5, 5.41) is 11.3. The van der Waals surface area contributed by atoms with Gasteiger partial charge in [-0.15, -0.1) is 10.2 Å². The first-order valence-corrected chi connectivity index (χ1v) is 9.07. The molecule has 0 atom stereocenters. The maximum absolute atomic E-state index is 11.9. The van der Waals surface area contributed by atoms with Crippen molar-refractivity contribution in [3.63, 3.8) is 0 Å². The second-order valence-electron chi connectivity index (χ2n) is 5.31. The van der Waals surface area contributed by atoms with Gasteiger partial charge in [0.25, 0.3) is 5.22 Å². The predicted molar refractivity (Wildman–Crippen MR) is 96.1 cm³/mol. The largest absolute Gasteiger partial charge is 0.493 e. The van der Waals surface area contributed by atoms with Crippen molar-refractivity contribution in [1.29, 1.82) is 0 Å². The highest BCUT2D eigenvalue weighted by Gasteiger charge is 2.14. The first-order chi connectivity index (χ1) is 12.1. The lowest BCUT2D eigenvalue weighted by Gasteiger charge is -2.13. The Bertz CT molecular complexity index is 701. The summed E-state index contributed by atoms with van der Waals surface area (Å²) in [6.45, 7) is 4.10. The Morgan fingerprint density at radius 1 is 1.20 bits per heavy atom. The molecule has 0 saturated heterocycles. The van der Waals surface area contributed by atoms with Crippen LogP contribution in [-0.4, -0.2) is 42.1 Å². The Morgan fingerprint density at radius 3 is 2.56 bits per heavy atom. The van der Waals surface area contributed by atoms with Crippen LogP contribution in [0.25, 0.3) is 11.5 Å². The molecule has 0 spiro atoms. The highest BCUT2D eigenvalue weighted by atomic mass is 32.2. The molecule has 0 aliphatic carbocycles. The van der Waals surface area contributed by atoms with E-state index in [9.17, 15) is 4.79 Å². The first kappa shape index (κ1) is 19.1. The number of methoxy groups -OCH3 is 2. The van der Waals surface area contributed by atoms with Crippen LogP contribution in [0.2, 0.25) is 0 Å². The van der Waals surface area contributed by atoms with Crippen molar-refractivity contribution in [2.24, 2.45) is 0 Å². The number of nitrogens with zero attached hydrogens (tertiary/aromatic N) is 2. The minimum Gasteiger partial charge on any atom is -0.493 e. The lowest BCUT2D eigenvalue weighted by molar-refractivity contribution is -0.119. The van der Waals surface area contributed by atoms with E-state index in [1.165, 1.54) is 11.8 Å². The average Bonchev–Trinajstić information content (AvgIpc) is 3.12. The summed E-state index contributed by atoms with van der Waals surface area (Å²) in [5.41, 5.74) is 0.721. The Morgan fingerprint density at radius 2 is 1.92 bits per heavy atom. The van der Waals surface area contributed by atoms with Gasteiger partial charge in [-0.1, -0.05) is 25.6 Å². The highest BCUT2D eigenvalue weighted by molar-refractivity contribution is 7.99. The molecule has 136 valence electrons. The minimum absolute atomic E-state index is 0.0374. The molecule has 0 bridgehead atoms. The van der Waals surface area contributed by atoms with Crippen molar-refractivity contribution in [3.8, 4) is 23.0 Å². The quantitative estimate of drug-likeness (QED) is 0.683. The smallest absolute Gasteiger partial charge is 0.277 e. The number of carbonyl (C=O) groups excluding carboxylic acids is 1. The summed E-state index contributed by atoms with van der Waals surface area (Å²) in [6.07, 6.45) is 1.83. The zero-order valence-corrected chi connectivity index (χ0v) is 15.7. The average molecular weight is 365 g/mol. The Hall–Kier alpha value is -2.22. The first-order valence-electron chi connectivity index (χ1n) is 8.09. The molecule has 1 N–H and O–H groups in total. The molecule has 2 aromatic rings. The molecule has 1 aromatic heterocycles. The van der Waals surface area contributed by atoms with Crippen molar-refractivity contribution >= 4 is 17.7 Å². The van der Waals surface area contributed by atoms with Gasteiger partial charge in [-0.2, -0.15) is 0 Å². The van der Waals surface area contributed by atoms with Crippen molar-refractivity contribution in [2.75, 3.05) is 20.0 Å². The van der Waals surface area contributed by atoms with E-state index in [0.717, 1.165) is 18.4 Å². The van der Waals surface area contributed by atoms with E-state index in [0.29, 0.717) is 22.6 Å². The van der Waals surface area contributed by atoms with Crippen LogP contribution in [0, 0.1) is 0 Å². The summed E-state index contributed by atoms with van der Waals surface area (Å²) in [6, 6.07) is 5.55. The lowest BCUT2D eigenvalue weighted by Crippen LogP contribution is -2.34. The van der Waals surface area contributed by atoms with Crippen molar-refractivity contribution in [3.05, 3.63) is 18.2 Å². The molecule has 0 aliphatic heterocycles. The summed E-state index contributed by atoms with van der Waals surface area (Å²) in [4.78, 5) is 11.9. The number of hydrogen-bond donors (Lipinski definition) is 1. The van der Waals surface area contributed by atoms with E-state index in [4.69, 9.17) is 13.9 Å². The third-order valence-corrected chi connectivity index (χ3v) is 4.53. The summed E-state index contributed by atoms with van der Waals surface area (Å²) >= 11 is 1.22. The predicted octanol–water partition coefficient (Wildman–Crippen LogP) is 3.15. The standard InChI is InChI=1S/C17H23N3O4S/c1-5-12(6-2)18-15(21)10-25-17-20-19-16(24-17)11-7-8-13(22-3)14(9-11)23-4/h7-9,12H,5-6,10H2,1-4H3,(H,18,21). The van der Waals surface area contributed by atoms with Crippen molar-refractivity contribution in [1.82, 2.24) is 15.5 Å². The fraction of sp³-hybridized carbons (Fsp3) is 0.471. The van der Waals surface area contributed by atoms with Crippen LogP contribution in [0.15, 0.2) is 27.8 Å². The molecule has 1 heterocycles. The van der Waals surface area contributed by atoms with Crippen LogP contribution >= 0.6 is 11.8 Å². The zero-order valence-electron chi connectivity index (χ0n) is 14.9. The molecule has 25 heavy (non-hydrogen) atoms. The fourth-order valence-electron chi connectivity index (χ4n) is 2.24. The summed E-state index contributed by atoms with van der Waals surface area (Å²) < 4.78 is 16.1. The van der Waals surface area contributed by atoms with Gasteiger partial charge in [0.05, 0.1) is 20.0 Å². The maximum Gasteiger partial charge on any atom is 0.277 e. The van der Waals surface area contributed by atoms with Crippen LogP contribution < -0.4 is 14.8 Å². The van der Waals surface area contributed by atoms with Crippen LogP contribution in [-0.2, 0) is 4.79 Å². The lowest BCUT2D eigenvalue weighted by atomic mass is 10.2. The van der Waals surface area contributed by atoms with E-state index in [-0.39, 0.29) is 17.7 Å². The van der Waals surface area contributed by atoms with E-state index in [1.54, 1.807) is 26.4 Å². The molecule has 7 nitrogen and oxygen atoms in total. The second-order valence-corrected chi connectivity index (χ2v) is 6.24. The Labute approximate surface area is 151 Å². The molecule has 1 amide bonds. The van der Waals surface area contributed by atoms with Gasteiger partial charge in [0.2, 0.25) is 11.8 Å². The zero-order chi connectivity index (χ0) is 18.2. The number of thioether (sulfide) groups is 1. The van der Waals surface area contributed by atoms with Crippen LogP contribution in [0.3, 0.4) is 0 Å². The molecule has 0 radical (unpaired) electrons. The number of aromatic nitrogens is 2. The third kappa shape index (κ3) is 5.12. The van der Waals surface area contributed by atoms with Gasteiger partial charge in [-0.3, -0.25) is 4.79 Å². The van der Waals surface area contributed by atoms with Gasteiger partial charge >= 0.3 is 0 Å². The van der Waals surface area contributed by atoms with E-state index < -0.39 is 0 Å². The number of ether oxygens (including phenoxy) is 2. The number of hydrogen-bond acceptors (Lipinski definition) is 7. The Balaban J connectivity index is 1.99. The minimum atomic E-state index is -0.0374. The molecular formula is C17H23N3O4S. The Kier molecular flexibility index (Phi) is 7.12. The van der Waals surface area contributed by atoms with Gasteiger partial charge < -0.3 is 19.2 Å². The highest BCUT2D eigenvalue weighted by Crippen LogP contribution is 2.32. The monoisotopic (exact) mass is 365 g/mol. The molecule has 2 rings (SSSR count). The van der Waals surface area contributed by atoms with Gasteiger partial charge in [0.15, 0.2) is 11.5 Å². The number of rotatable bonds is 9. The van der Waals surface area contributed by atoms with E-state index in [2.05, 4.69) is 29.4 Å².